The van der Waals surface area contributed by atoms with Crippen molar-refractivity contribution < 1.29 is 5.11 Å². The van der Waals surface area contributed by atoms with E-state index in [9.17, 15) is 0 Å². The number of fused-ring (bicyclic) bond motifs is 1. The topological polar surface area (TPSA) is 73.8 Å². The average Bonchev–Trinajstić information content (AvgIpc) is 2.85. The van der Waals surface area contributed by atoms with Gasteiger partial charge in [0.2, 0.25) is 0 Å². The molecular formula is C16H18N4O. The van der Waals surface area contributed by atoms with Crippen LogP contribution in [0.3, 0.4) is 0 Å². The lowest BCUT2D eigenvalue weighted by Gasteiger charge is -2.07. The fraction of sp³-hybridized carbons (Fsp3) is 0.250. The van der Waals surface area contributed by atoms with Gasteiger partial charge in [-0.15, -0.1) is 0 Å². The van der Waals surface area contributed by atoms with E-state index in [1.165, 1.54) is 5.39 Å². The molecule has 0 saturated carbocycles. The molecule has 0 aliphatic heterocycles. The number of aromatic nitrogens is 3. The van der Waals surface area contributed by atoms with Gasteiger partial charge in [-0.2, -0.15) is 0 Å². The van der Waals surface area contributed by atoms with Gasteiger partial charge in [0.05, 0.1) is 0 Å². The smallest absolute Gasteiger partial charge is 0.134 e. The Hall–Kier alpha value is -2.40. The lowest BCUT2D eigenvalue weighted by Crippen LogP contribution is -2.00. The first-order chi connectivity index (χ1) is 10.2. The Morgan fingerprint density at radius 2 is 2.14 bits per heavy atom. The second kappa shape index (κ2) is 5.93. The number of benzene rings is 1. The van der Waals surface area contributed by atoms with E-state index in [0.717, 1.165) is 28.5 Å². The third-order valence-corrected chi connectivity index (χ3v) is 3.29. The van der Waals surface area contributed by atoms with Crippen LogP contribution in [0.1, 0.15) is 17.9 Å². The van der Waals surface area contributed by atoms with Crippen molar-refractivity contribution in [1.82, 2.24) is 15.0 Å². The maximum Gasteiger partial charge on any atom is 0.134 e. The molecule has 0 aliphatic rings. The molecule has 0 radical (unpaired) electrons. The lowest BCUT2D eigenvalue weighted by molar-refractivity contribution is 0.287. The van der Waals surface area contributed by atoms with E-state index in [1.807, 2.05) is 19.1 Å². The maximum absolute atomic E-state index is 8.86. The minimum absolute atomic E-state index is 0.157. The number of H-pyrrole nitrogens is 1. The first kappa shape index (κ1) is 13.6. The summed E-state index contributed by atoms with van der Waals surface area (Å²) >= 11 is 0. The zero-order chi connectivity index (χ0) is 14.7. The van der Waals surface area contributed by atoms with Crippen LogP contribution in [0, 0.1) is 6.92 Å². The first-order valence-corrected chi connectivity index (χ1v) is 7.04. The Morgan fingerprint density at radius 3 is 3.00 bits per heavy atom. The minimum atomic E-state index is 0.157. The van der Waals surface area contributed by atoms with Gasteiger partial charge in [0.25, 0.3) is 0 Å². The highest BCUT2D eigenvalue weighted by Crippen LogP contribution is 2.22. The van der Waals surface area contributed by atoms with Crippen molar-refractivity contribution in [3.63, 3.8) is 0 Å². The Kier molecular flexibility index (Phi) is 3.83. The second-order valence-corrected chi connectivity index (χ2v) is 5.06. The van der Waals surface area contributed by atoms with Gasteiger partial charge >= 0.3 is 0 Å². The summed E-state index contributed by atoms with van der Waals surface area (Å²) < 4.78 is 0. The van der Waals surface area contributed by atoms with Gasteiger partial charge in [0.15, 0.2) is 0 Å². The van der Waals surface area contributed by atoms with Crippen LogP contribution in [0.2, 0.25) is 0 Å². The second-order valence-electron chi connectivity index (χ2n) is 5.06. The van der Waals surface area contributed by atoms with Gasteiger partial charge in [0, 0.05) is 41.5 Å². The van der Waals surface area contributed by atoms with Crippen molar-refractivity contribution in [3.8, 4) is 0 Å². The zero-order valence-electron chi connectivity index (χ0n) is 11.9. The molecule has 3 aromatic rings. The van der Waals surface area contributed by atoms with E-state index in [-0.39, 0.29) is 6.61 Å². The molecule has 0 saturated heterocycles. The van der Waals surface area contributed by atoms with Crippen molar-refractivity contribution in [2.45, 2.75) is 19.8 Å². The normalized spacial score (nSPS) is 11.0. The minimum Gasteiger partial charge on any atom is -0.396 e. The summed E-state index contributed by atoms with van der Waals surface area (Å²) in [5.41, 5.74) is 3.27. The highest BCUT2D eigenvalue weighted by atomic mass is 16.2. The molecule has 21 heavy (non-hydrogen) atoms. The van der Waals surface area contributed by atoms with Gasteiger partial charge in [-0.3, -0.25) is 0 Å². The Balaban J connectivity index is 1.80. The van der Waals surface area contributed by atoms with Crippen molar-refractivity contribution in [2.75, 3.05) is 11.9 Å². The molecule has 3 rings (SSSR count). The van der Waals surface area contributed by atoms with Crippen LogP contribution in [0.5, 0.6) is 0 Å². The molecule has 108 valence electrons. The number of aliphatic hydroxyl groups excluding tert-OH is 1. The summed E-state index contributed by atoms with van der Waals surface area (Å²) in [5, 5.41) is 13.3. The molecule has 5 nitrogen and oxygen atoms in total. The van der Waals surface area contributed by atoms with E-state index in [0.29, 0.717) is 12.8 Å². The number of nitrogens with zero attached hydrogens (tertiary/aromatic N) is 2. The fourth-order valence-electron chi connectivity index (χ4n) is 2.33. The molecule has 1 aromatic carbocycles. The van der Waals surface area contributed by atoms with Crippen molar-refractivity contribution in [2.24, 2.45) is 0 Å². The summed E-state index contributed by atoms with van der Waals surface area (Å²) in [4.78, 5) is 12.0. The van der Waals surface area contributed by atoms with Crippen LogP contribution >= 0.6 is 0 Å². The number of aryl methyl sites for hydroxylation is 2. The van der Waals surface area contributed by atoms with Crippen LogP contribution in [-0.4, -0.2) is 26.7 Å². The number of hydrogen-bond acceptors (Lipinski definition) is 4. The SMILES string of the molecule is Cc1cc2cc(Nc3ccnc(CCCO)n3)ccc2[nH]1. The van der Waals surface area contributed by atoms with Gasteiger partial charge in [-0.05, 0) is 43.7 Å². The summed E-state index contributed by atoms with van der Waals surface area (Å²) in [6.45, 7) is 2.20. The van der Waals surface area contributed by atoms with Gasteiger partial charge < -0.3 is 15.4 Å². The summed E-state index contributed by atoms with van der Waals surface area (Å²) in [7, 11) is 0. The average molecular weight is 282 g/mol. The van der Waals surface area contributed by atoms with Gasteiger partial charge in [-0.1, -0.05) is 0 Å². The summed E-state index contributed by atoms with van der Waals surface area (Å²) in [6, 6.07) is 10.1. The Labute approximate surface area is 123 Å². The molecule has 3 N–H and O–H groups in total. The third-order valence-electron chi connectivity index (χ3n) is 3.29. The van der Waals surface area contributed by atoms with Crippen LogP contribution in [0.4, 0.5) is 11.5 Å². The monoisotopic (exact) mass is 282 g/mol. The first-order valence-electron chi connectivity index (χ1n) is 7.04. The molecule has 5 heteroatoms. The molecule has 0 bridgehead atoms. The van der Waals surface area contributed by atoms with E-state index < -0.39 is 0 Å². The fourth-order valence-corrected chi connectivity index (χ4v) is 2.33. The molecule has 0 amide bonds. The van der Waals surface area contributed by atoms with Crippen LogP contribution in [0.15, 0.2) is 36.5 Å². The van der Waals surface area contributed by atoms with Crippen LogP contribution < -0.4 is 5.32 Å². The largest absolute Gasteiger partial charge is 0.396 e. The number of rotatable bonds is 5. The number of hydrogen-bond donors (Lipinski definition) is 3. The molecule has 0 aliphatic carbocycles. The van der Waals surface area contributed by atoms with Crippen molar-refractivity contribution in [1.29, 1.82) is 0 Å². The predicted octanol–water partition coefficient (Wildman–Crippen LogP) is 2.93. The molecule has 0 fully saturated rings. The number of anilines is 2. The van der Waals surface area contributed by atoms with E-state index in [1.54, 1.807) is 6.20 Å². The van der Waals surface area contributed by atoms with Crippen molar-refractivity contribution >= 4 is 22.4 Å². The van der Waals surface area contributed by atoms with Crippen LogP contribution in [-0.2, 0) is 6.42 Å². The van der Waals surface area contributed by atoms with E-state index in [4.69, 9.17) is 5.11 Å². The highest BCUT2D eigenvalue weighted by molar-refractivity contribution is 5.84. The Bertz CT molecular complexity index is 751. The van der Waals surface area contributed by atoms with E-state index >= 15 is 0 Å². The van der Waals surface area contributed by atoms with E-state index in [2.05, 4.69) is 38.5 Å². The van der Waals surface area contributed by atoms with Gasteiger partial charge in [0.1, 0.15) is 11.6 Å². The zero-order valence-corrected chi connectivity index (χ0v) is 11.9. The molecule has 2 aromatic heterocycles. The lowest BCUT2D eigenvalue weighted by atomic mass is 10.2. The number of aliphatic hydroxyl groups is 1. The molecule has 2 heterocycles. The molecule has 0 unspecified atom stereocenters. The van der Waals surface area contributed by atoms with Gasteiger partial charge in [-0.25, -0.2) is 9.97 Å². The predicted molar refractivity (Wildman–Crippen MR) is 83.8 cm³/mol. The quantitative estimate of drug-likeness (QED) is 0.672. The standard InChI is InChI=1S/C16H18N4O/c1-11-9-12-10-13(4-5-14(12)18-11)19-16-6-7-17-15(20-16)3-2-8-21/h4-7,9-10,18,21H,2-3,8H2,1H3,(H,17,19,20). The third kappa shape index (κ3) is 3.20. The van der Waals surface area contributed by atoms with Crippen molar-refractivity contribution in [3.05, 3.63) is 48.0 Å². The highest BCUT2D eigenvalue weighted by Gasteiger charge is 2.02. The van der Waals surface area contributed by atoms with Crippen LogP contribution in [0.25, 0.3) is 10.9 Å². The summed E-state index contributed by atoms with van der Waals surface area (Å²) in [6.07, 6.45) is 3.10. The number of aromatic amines is 1. The molecular weight excluding hydrogens is 264 g/mol. The maximum atomic E-state index is 8.86. The molecule has 0 spiro atoms. The summed E-state index contributed by atoms with van der Waals surface area (Å²) in [5.74, 6) is 1.51. The molecule has 0 atom stereocenters. The number of nitrogens with one attached hydrogen (secondary N) is 2. The Morgan fingerprint density at radius 1 is 1.24 bits per heavy atom.